The van der Waals surface area contributed by atoms with Gasteiger partial charge < -0.3 is 14.7 Å². The molecule has 0 bridgehead atoms. The van der Waals surface area contributed by atoms with Crippen LogP contribution >= 0.6 is 0 Å². The number of β-amino-alcohol motifs (C(OH)–C–C–N with tert-alkyl or cyclic N) is 1. The molecule has 4 rings (SSSR count). The fraction of sp³-hybridized carbons (Fsp3) is 0.429. The number of rotatable bonds is 3. The minimum Gasteiger partial charge on any atom is -0.481 e. The van der Waals surface area contributed by atoms with Crippen LogP contribution in [0.15, 0.2) is 42.6 Å². The lowest BCUT2D eigenvalue weighted by molar-refractivity contribution is -0.0137. The molecule has 27 heavy (non-hydrogen) atoms. The maximum atomic E-state index is 12.7. The summed E-state index contributed by atoms with van der Waals surface area (Å²) in [4.78, 5) is 20.9. The molecule has 6 heteroatoms. The van der Waals surface area contributed by atoms with Gasteiger partial charge in [-0.05, 0) is 30.0 Å². The molecule has 6 nitrogen and oxygen atoms in total. The van der Waals surface area contributed by atoms with Gasteiger partial charge >= 0.3 is 0 Å². The van der Waals surface area contributed by atoms with Crippen molar-refractivity contribution < 1.29 is 14.6 Å². The maximum Gasteiger partial charge on any atom is 0.255 e. The number of ether oxygens (including phenoxy) is 1. The fourth-order valence-corrected chi connectivity index (χ4v) is 4.14. The van der Waals surface area contributed by atoms with Gasteiger partial charge in [-0.1, -0.05) is 24.3 Å². The number of likely N-dealkylation sites (tertiary alicyclic amines) is 1. The number of aliphatic hydroxyl groups is 1. The summed E-state index contributed by atoms with van der Waals surface area (Å²) in [7, 11) is 1.55. The van der Waals surface area contributed by atoms with Gasteiger partial charge in [0.15, 0.2) is 0 Å². The molecule has 1 N–H and O–H groups in total. The van der Waals surface area contributed by atoms with E-state index in [1.165, 1.54) is 17.3 Å². The second-order valence-corrected chi connectivity index (χ2v) is 7.25. The number of aliphatic hydroxyl groups excluding tert-OH is 1. The lowest BCUT2D eigenvalue weighted by Crippen LogP contribution is -2.56. The second kappa shape index (κ2) is 7.66. The highest BCUT2D eigenvalue weighted by Gasteiger charge is 2.35. The summed E-state index contributed by atoms with van der Waals surface area (Å²) in [5, 5.41) is 10.7. The number of pyridine rings is 1. The van der Waals surface area contributed by atoms with Crippen molar-refractivity contribution in [3.8, 4) is 5.88 Å². The average Bonchev–Trinajstić information content (AvgIpc) is 2.73. The SMILES string of the molecule is COc1ccc(C(=O)N2CC[C@@H](N3CCc4ccccc4C3)[C@H](O)C2)cn1. The van der Waals surface area contributed by atoms with Crippen LogP contribution < -0.4 is 4.74 Å². The number of fused-ring (bicyclic) bond motifs is 1. The minimum absolute atomic E-state index is 0.0911. The van der Waals surface area contributed by atoms with Gasteiger partial charge in [0, 0.05) is 44.5 Å². The Bertz CT molecular complexity index is 809. The number of methoxy groups -OCH3 is 1. The van der Waals surface area contributed by atoms with E-state index in [9.17, 15) is 9.90 Å². The van der Waals surface area contributed by atoms with Gasteiger partial charge in [-0.3, -0.25) is 9.69 Å². The summed E-state index contributed by atoms with van der Waals surface area (Å²) < 4.78 is 5.04. The molecule has 1 aromatic carbocycles. The van der Waals surface area contributed by atoms with Crippen LogP contribution in [0.4, 0.5) is 0 Å². The van der Waals surface area contributed by atoms with Crippen LogP contribution in [0.25, 0.3) is 0 Å². The Kier molecular flexibility index (Phi) is 5.09. The maximum absolute atomic E-state index is 12.7. The first-order valence-electron chi connectivity index (χ1n) is 9.44. The highest BCUT2D eigenvalue weighted by molar-refractivity contribution is 5.94. The smallest absolute Gasteiger partial charge is 0.255 e. The molecule has 1 amide bonds. The Morgan fingerprint density at radius 1 is 1.19 bits per heavy atom. The van der Waals surface area contributed by atoms with Crippen LogP contribution in [0.3, 0.4) is 0 Å². The number of carbonyl (C=O) groups excluding carboxylic acids is 1. The molecule has 3 heterocycles. The zero-order chi connectivity index (χ0) is 18.8. The van der Waals surface area contributed by atoms with E-state index >= 15 is 0 Å². The lowest BCUT2D eigenvalue weighted by atomic mass is 9.94. The minimum atomic E-state index is -0.542. The van der Waals surface area contributed by atoms with Gasteiger partial charge in [0.25, 0.3) is 5.91 Å². The van der Waals surface area contributed by atoms with E-state index in [0.29, 0.717) is 24.5 Å². The molecular weight excluding hydrogens is 342 g/mol. The Labute approximate surface area is 159 Å². The molecule has 1 saturated heterocycles. The normalized spacial score (nSPS) is 23.0. The van der Waals surface area contributed by atoms with Crippen molar-refractivity contribution in [1.82, 2.24) is 14.8 Å². The highest BCUT2D eigenvalue weighted by atomic mass is 16.5. The monoisotopic (exact) mass is 367 g/mol. The zero-order valence-corrected chi connectivity index (χ0v) is 15.5. The van der Waals surface area contributed by atoms with Gasteiger partial charge in [0.2, 0.25) is 5.88 Å². The summed E-state index contributed by atoms with van der Waals surface area (Å²) in [6.45, 7) is 2.82. The lowest BCUT2D eigenvalue weighted by Gasteiger charge is -2.43. The number of aromatic nitrogens is 1. The molecule has 0 saturated carbocycles. The summed E-state index contributed by atoms with van der Waals surface area (Å²) >= 11 is 0. The summed E-state index contributed by atoms with van der Waals surface area (Å²) in [5.74, 6) is 0.391. The van der Waals surface area contributed by atoms with Crippen LogP contribution in [0.5, 0.6) is 5.88 Å². The first-order chi connectivity index (χ1) is 13.2. The van der Waals surface area contributed by atoms with Gasteiger partial charge in [0.1, 0.15) is 0 Å². The standard InChI is InChI=1S/C21H25N3O3/c1-27-20-7-6-16(12-22-20)21(26)24-11-9-18(19(25)14-24)23-10-8-15-4-2-3-5-17(15)13-23/h2-7,12,18-19,25H,8-11,13-14H2,1H3/t18-,19-/m1/s1. The van der Waals surface area contributed by atoms with E-state index in [2.05, 4.69) is 34.1 Å². The van der Waals surface area contributed by atoms with E-state index in [-0.39, 0.29) is 11.9 Å². The van der Waals surface area contributed by atoms with E-state index in [0.717, 1.165) is 25.9 Å². The van der Waals surface area contributed by atoms with Crippen LogP contribution in [0.2, 0.25) is 0 Å². The fourth-order valence-electron chi connectivity index (χ4n) is 4.14. The van der Waals surface area contributed by atoms with Crippen LogP contribution in [-0.2, 0) is 13.0 Å². The molecule has 1 fully saturated rings. The van der Waals surface area contributed by atoms with Crippen molar-refractivity contribution in [3.05, 3.63) is 59.3 Å². The van der Waals surface area contributed by atoms with Crippen molar-refractivity contribution in [2.75, 3.05) is 26.7 Å². The van der Waals surface area contributed by atoms with Gasteiger partial charge in [-0.2, -0.15) is 0 Å². The highest BCUT2D eigenvalue weighted by Crippen LogP contribution is 2.26. The molecule has 0 radical (unpaired) electrons. The number of amides is 1. The summed E-state index contributed by atoms with van der Waals surface area (Å²) in [5.41, 5.74) is 3.27. The molecule has 2 aliphatic heterocycles. The van der Waals surface area contributed by atoms with Crippen LogP contribution in [0.1, 0.15) is 27.9 Å². The predicted molar refractivity (Wildman–Crippen MR) is 102 cm³/mol. The molecule has 2 aromatic rings. The number of hydrogen-bond donors (Lipinski definition) is 1. The molecule has 0 aliphatic carbocycles. The topological polar surface area (TPSA) is 65.9 Å². The largest absolute Gasteiger partial charge is 0.481 e. The zero-order valence-electron chi connectivity index (χ0n) is 15.5. The number of hydrogen-bond acceptors (Lipinski definition) is 5. The molecule has 142 valence electrons. The van der Waals surface area contributed by atoms with Crippen molar-refractivity contribution in [2.24, 2.45) is 0 Å². The number of carbonyl (C=O) groups is 1. The summed E-state index contributed by atoms with van der Waals surface area (Å²) in [6.07, 6.45) is 2.78. The van der Waals surface area contributed by atoms with E-state index < -0.39 is 6.10 Å². The number of piperidine rings is 1. The molecule has 1 aromatic heterocycles. The van der Waals surface area contributed by atoms with E-state index in [1.54, 1.807) is 24.1 Å². The van der Waals surface area contributed by atoms with Gasteiger partial charge in [-0.15, -0.1) is 0 Å². The molecular formula is C21H25N3O3. The number of nitrogens with zero attached hydrogens (tertiary/aromatic N) is 3. The van der Waals surface area contributed by atoms with Crippen LogP contribution in [-0.4, -0.2) is 64.7 Å². The average molecular weight is 367 g/mol. The van der Waals surface area contributed by atoms with Gasteiger partial charge in [-0.25, -0.2) is 4.98 Å². The third kappa shape index (κ3) is 3.68. The van der Waals surface area contributed by atoms with Gasteiger partial charge in [0.05, 0.1) is 18.8 Å². The Hall–Kier alpha value is -2.44. The third-order valence-corrected chi connectivity index (χ3v) is 5.66. The quantitative estimate of drug-likeness (QED) is 0.895. The molecule has 0 spiro atoms. The first-order valence-corrected chi connectivity index (χ1v) is 9.44. The Morgan fingerprint density at radius 3 is 2.70 bits per heavy atom. The Morgan fingerprint density at radius 2 is 2.00 bits per heavy atom. The predicted octanol–water partition coefficient (Wildman–Crippen LogP) is 1.72. The summed E-state index contributed by atoms with van der Waals surface area (Å²) in [6, 6.07) is 12.0. The first kappa shape index (κ1) is 17.9. The third-order valence-electron chi connectivity index (χ3n) is 5.66. The van der Waals surface area contributed by atoms with Crippen molar-refractivity contribution in [1.29, 1.82) is 0 Å². The van der Waals surface area contributed by atoms with E-state index in [4.69, 9.17) is 4.74 Å². The number of benzene rings is 1. The van der Waals surface area contributed by atoms with Crippen LogP contribution in [0, 0.1) is 0 Å². The molecule has 2 aliphatic rings. The van der Waals surface area contributed by atoms with Crippen molar-refractivity contribution in [3.63, 3.8) is 0 Å². The van der Waals surface area contributed by atoms with E-state index in [1.807, 2.05) is 0 Å². The Balaban J connectivity index is 1.40. The van der Waals surface area contributed by atoms with Crippen molar-refractivity contribution >= 4 is 5.91 Å². The van der Waals surface area contributed by atoms with Crippen molar-refractivity contribution in [2.45, 2.75) is 31.5 Å². The molecule has 0 unspecified atom stereocenters. The second-order valence-electron chi connectivity index (χ2n) is 7.25. The molecule has 2 atom stereocenters.